The number of amides is 2. The summed E-state index contributed by atoms with van der Waals surface area (Å²) < 4.78 is 0. The molecule has 0 aromatic rings. The zero-order chi connectivity index (χ0) is 12.1. The van der Waals surface area contributed by atoms with E-state index in [-0.39, 0.29) is 6.03 Å². The summed E-state index contributed by atoms with van der Waals surface area (Å²) in [5, 5.41) is 6.30. The number of rotatable bonds is 2. The van der Waals surface area contributed by atoms with E-state index in [2.05, 4.69) is 17.6 Å². The quantitative estimate of drug-likeness (QED) is 0.713. The molecule has 2 atom stereocenters. The van der Waals surface area contributed by atoms with Crippen LogP contribution in [0.3, 0.4) is 0 Å². The van der Waals surface area contributed by atoms with Crippen molar-refractivity contribution < 1.29 is 4.79 Å². The third-order valence-electron chi connectivity index (χ3n) is 4.37. The minimum absolute atomic E-state index is 0.0654. The highest BCUT2D eigenvalue weighted by atomic mass is 16.2. The molecule has 0 aromatic carbocycles. The molecular weight excluding hydrogens is 212 g/mol. The molecule has 0 saturated heterocycles. The van der Waals surface area contributed by atoms with Crippen molar-refractivity contribution in [1.82, 2.24) is 10.6 Å². The summed E-state index contributed by atoms with van der Waals surface area (Å²) in [6.07, 6.45) is 11.2. The van der Waals surface area contributed by atoms with Crippen LogP contribution in [0.5, 0.6) is 0 Å². The Hall–Kier alpha value is -0.730. The summed E-state index contributed by atoms with van der Waals surface area (Å²) in [5.41, 5.74) is 0. The van der Waals surface area contributed by atoms with E-state index in [1.807, 2.05) is 0 Å². The van der Waals surface area contributed by atoms with Gasteiger partial charge in [0.05, 0.1) is 0 Å². The van der Waals surface area contributed by atoms with E-state index in [0.717, 1.165) is 19.3 Å². The summed E-state index contributed by atoms with van der Waals surface area (Å²) >= 11 is 0. The predicted octanol–water partition coefficient (Wildman–Crippen LogP) is 3.20. The lowest BCUT2D eigenvalue weighted by Gasteiger charge is -2.24. The van der Waals surface area contributed by atoms with Gasteiger partial charge in [-0.25, -0.2) is 4.79 Å². The number of urea groups is 1. The zero-order valence-electron chi connectivity index (χ0n) is 11.0. The van der Waals surface area contributed by atoms with Gasteiger partial charge >= 0.3 is 6.03 Å². The standard InChI is InChI=1S/C14H26N2O/c1-11-7-3-2-4-10-13(11)16-14(17)15-12-8-5-6-9-12/h11-13H,2-10H2,1H3,(H2,15,16,17). The van der Waals surface area contributed by atoms with Crippen LogP contribution in [0.4, 0.5) is 4.79 Å². The molecule has 2 N–H and O–H groups in total. The maximum absolute atomic E-state index is 11.9. The average Bonchev–Trinajstić information content (AvgIpc) is 2.71. The number of carbonyl (C=O) groups excluding carboxylic acids is 1. The Morgan fingerprint density at radius 1 is 0.882 bits per heavy atom. The second-order valence-electron chi connectivity index (χ2n) is 5.82. The number of carbonyl (C=O) groups is 1. The molecule has 2 aliphatic carbocycles. The molecule has 2 saturated carbocycles. The van der Waals surface area contributed by atoms with Crippen molar-refractivity contribution in [3.05, 3.63) is 0 Å². The second kappa shape index (κ2) is 6.27. The smallest absolute Gasteiger partial charge is 0.315 e. The molecule has 98 valence electrons. The molecule has 2 amide bonds. The van der Waals surface area contributed by atoms with Crippen molar-refractivity contribution in [3.63, 3.8) is 0 Å². The fourth-order valence-corrected chi connectivity index (χ4v) is 3.17. The van der Waals surface area contributed by atoms with Crippen LogP contribution in [-0.4, -0.2) is 18.1 Å². The van der Waals surface area contributed by atoms with Gasteiger partial charge in [0.1, 0.15) is 0 Å². The third kappa shape index (κ3) is 3.90. The Morgan fingerprint density at radius 3 is 2.29 bits per heavy atom. The number of hydrogen-bond acceptors (Lipinski definition) is 1. The lowest BCUT2D eigenvalue weighted by atomic mass is 9.97. The summed E-state index contributed by atoms with van der Waals surface area (Å²) in [4.78, 5) is 11.9. The predicted molar refractivity (Wildman–Crippen MR) is 70.0 cm³/mol. The molecular formula is C14H26N2O. The van der Waals surface area contributed by atoms with Gasteiger partial charge in [-0.05, 0) is 31.6 Å². The third-order valence-corrected chi connectivity index (χ3v) is 4.37. The largest absolute Gasteiger partial charge is 0.335 e. The summed E-state index contributed by atoms with van der Waals surface area (Å²) in [7, 11) is 0. The Balaban J connectivity index is 1.75. The van der Waals surface area contributed by atoms with Crippen molar-refractivity contribution in [1.29, 1.82) is 0 Å². The van der Waals surface area contributed by atoms with E-state index in [1.165, 1.54) is 38.5 Å². The van der Waals surface area contributed by atoms with Crippen LogP contribution in [0.25, 0.3) is 0 Å². The minimum Gasteiger partial charge on any atom is -0.335 e. The van der Waals surface area contributed by atoms with E-state index >= 15 is 0 Å². The molecule has 0 spiro atoms. The summed E-state index contributed by atoms with van der Waals surface area (Å²) in [6, 6.07) is 0.880. The molecule has 0 aliphatic heterocycles. The molecule has 2 fully saturated rings. The number of nitrogens with one attached hydrogen (secondary N) is 2. The highest BCUT2D eigenvalue weighted by Gasteiger charge is 2.23. The van der Waals surface area contributed by atoms with Crippen molar-refractivity contribution in [2.75, 3.05) is 0 Å². The Kier molecular flexibility index (Phi) is 4.69. The van der Waals surface area contributed by atoms with E-state index < -0.39 is 0 Å². The van der Waals surface area contributed by atoms with Gasteiger partial charge < -0.3 is 10.6 Å². The van der Waals surface area contributed by atoms with Crippen LogP contribution in [0, 0.1) is 5.92 Å². The second-order valence-corrected chi connectivity index (χ2v) is 5.82. The first kappa shape index (κ1) is 12.7. The maximum Gasteiger partial charge on any atom is 0.315 e. The Morgan fingerprint density at radius 2 is 1.53 bits per heavy atom. The first-order valence-electron chi connectivity index (χ1n) is 7.33. The molecule has 3 heteroatoms. The van der Waals surface area contributed by atoms with Crippen molar-refractivity contribution in [2.24, 2.45) is 5.92 Å². The molecule has 0 aromatic heterocycles. The highest BCUT2D eigenvalue weighted by molar-refractivity contribution is 5.74. The SMILES string of the molecule is CC1CCCCCC1NC(=O)NC1CCCC1. The summed E-state index contributed by atoms with van der Waals surface area (Å²) in [6.45, 7) is 2.27. The molecule has 0 heterocycles. The molecule has 2 rings (SSSR count). The van der Waals surface area contributed by atoms with Gasteiger partial charge in [-0.2, -0.15) is 0 Å². The average molecular weight is 238 g/mol. The van der Waals surface area contributed by atoms with Crippen LogP contribution in [0.2, 0.25) is 0 Å². The Labute approximate surface area is 105 Å². The van der Waals surface area contributed by atoms with Gasteiger partial charge in [0.25, 0.3) is 0 Å². The van der Waals surface area contributed by atoms with Crippen molar-refractivity contribution in [2.45, 2.75) is 76.8 Å². The van der Waals surface area contributed by atoms with Crippen molar-refractivity contribution in [3.8, 4) is 0 Å². The van der Waals surface area contributed by atoms with E-state index in [4.69, 9.17) is 0 Å². The van der Waals surface area contributed by atoms with Crippen molar-refractivity contribution >= 4 is 6.03 Å². The summed E-state index contributed by atoms with van der Waals surface area (Å²) in [5.74, 6) is 0.631. The number of hydrogen-bond donors (Lipinski definition) is 2. The topological polar surface area (TPSA) is 41.1 Å². The maximum atomic E-state index is 11.9. The fraction of sp³-hybridized carbons (Fsp3) is 0.929. The molecule has 2 aliphatic rings. The molecule has 2 unspecified atom stereocenters. The van der Waals surface area contributed by atoms with Crippen LogP contribution >= 0.6 is 0 Å². The van der Waals surface area contributed by atoms with Gasteiger partial charge in [-0.1, -0.05) is 39.0 Å². The molecule has 0 bridgehead atoms. The van der Waals surface area contributed by atoms with Gasteiger partial charge in [-0.3, -0.25) is 0 Å². The molecule has 17 heavy (non-hydrogen) atoms. The highest BCUT2D eigenvalue weighted by Crippen LogP contribution is 2.23. The lowest BCUT2D eigenvalue weighted by molar-refractivity contribution is 0.226. The van der Waals surface area contributed by atoms with E-state index in [9.17, 15) is 4.79 Å². The first-order valence-corrected chi connectivity index (χ1v) is 7.33. The molecule has 0 radical (unpaired) electrons. The normalized spacial score (nSPS) is 30.9. The van der Waals surface area contributed by atoms with Gasteiger partial charge in [-0.15, -0.1) is 0 Å². The van der Waals surface area contributed by atoms with E-state index in [0.29, 0.717) is 18.0 Å². The van der Waals surface area contributed by atoms with Crippen LogP contribution in [-0.2, 0) is 0 Å². The fourth-order valence-electron chi connectivity index (χ4n) is 3.17. The van der Waals surface area contributed by atoms with E-state index in [1.54, 1.807) is 0 Å². The zero-order valence-corrected chi connectivity index (χ0v) is 11.0. The Bertz CT molecular complexity index is 249. The lowest BCUT2D eigenvalue weighted by Crippen LogP contribution is -2.47. The van der Waals surface area contributed by atoms with Gasteiger partial charge in [0.15, 0.2) is 0 Å². The molecule has 3 nitrogen and oxygen atoms in total. The van der Waals surface area contributed by atoms with Crippen LogP contribution < -0.4 is 10.6 Å². The van der Waals surface area contributed by atoms with Crippen LogP contribution in [0.1, 0.15) is 64.7 Å². The van der Waals surface area contributed by atoms with Crippen LogP contribution in [0.15, 0.2) is 0 Å². The minimum atomic E-state index is 0.0654. The first-order chi connectivity index (χ1) is 8.25. The monoisotopic (exact) mass is 238 g/mol. The van der Waals surface area contributed by atoms with Gasteiger partial charge in [0.2, 0.25) is 0 Å². The van der Waals surface area contributed by atoms with Gasteiger partial charge in [0, 0.05) is 12.1 Å².